The molecule has 0 aliphatic heterocycles. The number of rotatable bonds is 1. The molecule has 5 heteroatoms. The second-order valence-electron chi connectivity index (χ2n) is 3.50. The maximum atomic E-state index is 12.2. The summed E-state index contributed by atoms with van der Waals surface area (Å²) in [5.74, 6) is 0.685. The van der Waals surface area contributed by atoms with Crippen LogP contribution in [0.1, 0.15) is 0 Å². The van der Waals surface area contributed by atoms with Crippen molar-refractivity contribution in [3.63, 3.8) is 0 Å². The van der Waals surface area contributed by atoms with E-state index in [-0.39, 0.29) is 20.3 Å². The molecule has 3 aromatic rings. The quantitative estimate of drug-likeness (QED) is 0.645. The van der Waals surface area contributed by atoms with Gasteiger partial charge in [0.15, 0.2) is 0 Å². The van der Waals surface area contributed by atoms with Gasteiger partial charge in [0.25, 0.3) is 0 Å². The monoisotopic (exact) mass is 310 g/mol. The van der Waals surface area contributed by atoms with Crippen LogP contribution in [0.5, 0.6) is 0 Å². The van der Waals surface area contributed by atoms with Gasteiger partial charge in [-0.3, -0.25) is 0 Å². The van der Waals surface area contributed by atoms with Crippen LogP contribution in [0, 0.1) is 0 Å². The van der Waals surface area contributed by atoms with Crippen LogP contribution >= 0.6 is 11.6 Å². The summed E-state index contributed by atoms with van der Waals surface area (Å²) < 4.78 is 2.64. The Kier molecular flexibility index (Phi) is 2.63. The molecule has 0 radical (unpaired) electrons. The van der Waals surface area contributed by atoms with Crippen molar-refractivity contribution < 1.29 is 0 Å². The van der Waals surface area contributed by atoms with Gasteiger partial charge >= 0.3 is 108 Å². The van der Waals surface area contributed by atoms with Gasteiger partial charge < -0.3 is 0 Å². The van der Waals surface area contributed by atoms with E-state index in [1.165, 1.54) is 0 Å². The molecular formula is C12H7ClN2OSe. The van der Waals surface area contributed by atoms with E-state index >= 15 is 0 Å². The molecule has 0 unspecified atom stereocenters. The molecule has 0 atom stereocenters. The van der Waals surface area contributed by atoms with Crippen LogP contribution in [-0.2, 0) is 0 Å². The Hall–Kier alpha value is -1.35. The minimum absolute atomic E-state index is 0.0128. The number of aromatic nitrogens is 2. The van der Waals surface area contributed by atoms with E-state index in [4.69, 9.17) is 11.6 Å². The Balaban J connectivity index is 2.37. The average molecular weight is 310 g/mol. The number of halogens is 1. The molecule has 0 fully saturated rings. The van der Waals surface area contributed by atoms with Crippen LogP contribution in [0.3, 0.4) is 0 Å². The van der Waals surface area contributed by atoms with E-state index in [2.05, 4.69) is 4.98 Å². The normalized spacial score (nSPS) is 10.9. The summed E-state index contributed by atoms with van der Waals surface area (Å²) in [5, 5.41) is 1.36. The Morgan fingerprint density at radius 1 is 1.18 bits per heavy atom. The third-order valence-electron chi connectivity index (χ3n) is 2.42. The van der Waals surface area contributed by atoms with E-state index in [1.807, 2.05) is 30.3 Å². The van der Waals surface area contributed by atoms with E-state index in [9.17, 15) is 4.79 Å². The molecule has 2 heterocycles. The van der Waals surface area contributed by atoms with Gasteiger partial charge in [0, 0.05) is 0 Å². The molecule has 3 rings (SSSR count). The molecule has 0 saturated carbocycles. The van der Waals surface area contributed by atoms with Crippen molar-refractivity contribution in [2.45, 2.75) is 0 Å². The fourth-order valence-corrected chi connectivity index (χ4v) is 4.03. The van der Waals surface area contributed by atoms with E-state index in [1.54, 1.807) is 15.8 Å². The van der Waals surface area contributed by atoms with Crippen molar-refractivity contribution >= 4 is 36.0 Å². The number of nitrogens with zero attached hydrogens (tertiary/aromatic N) is 2. The van der Waals surface area contributed by atoms with E-state index in [0.717, 1.165) is 4.26 Å². The SMILES string of the molecule is O=c1c2cccc(Cl)c2[se]n1-c1ccccn1. The Morgan fingerprint density at radius 2 is 2.06 bits per heavy atom. The Labute approximate surface area is 108 Å². The van der Waals surface area contributed by atoms with Crippen LogP contribution in [0.2, 0.25) is 5.02 Å². The second-order valence-corrected chi connectivity index (χ2v) is 5.91. The van der Waals surface area contributed by atoms with Crippen molar-refractivity contribution in [2.24, 2.45) is 0 Å². The number of hydrogen-bond donors (Lipinski definition) is 0. The fraction of sp³-hybridized carbons (Fsp3) is 0. The molecule has 3 nitrogen and oxygen atoms in total. The first-order valence-corrected chi connectivity index (χ1v) is 6.99. The predicted octanol–water partition coefficient (Wildman–Crippen LogP) is 2.10. The van der Waals surface area contributed by atoms with Crippen LogP contribution in [0.15, 0.2) is 47.4 Å². The van der Waals surface area contributed by atoms with Crippen LogP contribution in [0.25, 0.3) is 15.5 Å². The summed E-state index contributed by atoms with van der Waals surface area (Å²) in [4.78, 5) is 16.4. The zero-order chi connectivity index (χ0) is 11.8. The van der Waals surface area contributed by atoms with Gasteiger partial charge in [-0.15, -0.1) is 0 Å². The molecule has 0 bridgehead atoms. The van der Waals surface area contributed by atoms with Gasteiger partial charge in [-0.2, -0.15) is 0 Å². The van der Waals surface area contributed by atoms with Crippen LogP contribution in [0.4, 0.5) is 0 Å². The van der Waals surface area contributed by atoms with Gasteiger partial charge in [-0.1, -0.05) is 0 Å². The zero-order valence-electron chi connectivity index (χ0n) is 8.63. The van der Waals surface area contributed by atoms with E-state index in [0.29, 0.717) is 16.2 Å². The minimum atomic E-state index is -0.126. The molecule has 0 saturated heterocycles. The summed E-state index contributed by atoms with van der Waals surface area (Å²) in [6.07, 6.45) is 1.68. The molecule has 0 amide bonds. The maximum absolute atomic E-state index is 12.2. The molecule has 0 spiro atoms. The van der Waals surface area contributed by atoms with E-state index < -0.39 is 0 Å². The van der Waals surface area contributed by atoms with Crippen LogP contribution in [-0.4, -0.2) is 23.3 Å². The first kappa shape index (κ1) is 10.8. The van der Waals surface area contributed by atoms with Crippen molar-refractivity contribution in [3.05, 3.63) is 58.0 Å². The summed E-state index contributed by atoms with van der Waals surface area (Å²) in [6.45, 7) is 0. The van der Waals surface area contributed by atoms with Crippen LogP contribution < -0.4 is 5.56 Å². The molecule has 84 valence electrons. The number of fused-ring (bicyclic) bond motifs is 1. The zero-order valence-corrected chi connectivity index (χ0v) is 11.1. The van der Waals surface area contributed by atoms with Gasteiger partial charge in [0.2, 0.25) is 0 Å². The molecule has 2 aromatic heterocycles. The standard InChI is InChI=1S/C12H7ClN2OSe/c13-9-5-3-4-8-11(9)17-15(12(8)16)10-6-1-2-7-14-10/h1-7H. The first-order chi connectivity index (χ1) is 8.27. The van der Waals surface area contributed by atoms with Crippen molar-refractivity contribution in [3.8, 4) is 5.82 Å². The number of hydrogen-bond acceptors (Lipinski definition) is 2. The number of pyridine rings is 1. The molecule has 1 aromatic carbocycles. The molecular weight excluding hydrogens is 303 g/mol. The third-order valence-corrected chi connectivity index (χ3v) is 5.42. The summed E-state index contributed by atoms with van der Waals surface area (Å²) >= 11 is 5.98. The predicted molar refractivity (Wildman–Crippen MR) is 69.3 cm³/mol. The van der Waals surface area contributed by atoms with Gasteiger partial charge in [0.05, 0.1) is 0 Å². The third kappa shape index (κ3) is 1.75. The average Bonchev–Trinajstić information content (AvgIpc) is 2.70. The molecule has 0 aliphatic rings. The topological polar surface area (TPSA) is 34.9 Å². The van der Waals surface area contributed by atoms with Crippen molar-refractivity contribution in [2.75, 3.05) is 0 Å². The molecule has 0 N–H and O–H groups in total. The summed E-state index contributed by atoms with van der Waals surface area (Å²) in [5.41, 5.74) is -0.0128. The second kappa shape index (κ2) is 4.15. The van der Waals surface area contributed by atoms with Gasteiger partial charge in [0.1, 0.15) is 0 Å². The molecule has 17 heavy (non-hydrogen) atoms. The van der Waals surface area contributed by atoms with Crippen molar-refractivity contribution in [1.29, 1.82) is 0 Å². The van der Waals surface area contributed by atoms with Gasteiger partial charge in [-0.05, 0) is 0 Å². The summed E-state index contributed by atoms with van der Waals surface area (Å²) in [6, 6.07) is 11.0. The molecule has 0 aliphatic carbocycles. The Morgan fingerprint density at radius 3 is 2.76 bits per heavy atom. The first-order valence-electron chi connectivity index (χ1n) is 4.99. The fourth-order valence-electron chi connectivity index (χ4n) is 1.64. The number of benzene rings is 1. The summed E-state index contributed by atoms with van der Waals surface area (Å²) in [7, 11) is 0. The Bertz CT molecular complexity index is 733. The van der Waals surface area contributed by atoms with Gasteiger partial charge in [-0.25, -0.2) is 0 Å². The van der Waals surface area contributed by atoms with Crippen molar-refractivity contribution in [1.82, 2.24) is 8.55 Å².